The number of pyridine rings is 1. The lowest BCUT2D eigenvalue weighted by Crippen LogP contribution is -2.25. The molecule has 82 valence electrons. The molecule has 1 aromatic heterocycles. The Morgan fingerprint density at radius 1 is 1.53 bits per heavy atom. The van der Waals surface area contributed by atoms with Gasteiger partial charge in [-0.05, 0) is 18.6 Å². The van der Waals surface area contributed by atoms with E-state index >= 15 is 0 Å². The second kappa shape index (κ2) is 3.88. The molecule has 0 saturated carbocycles. The van der Waals surface area contributed by atoms with E-state index in [-0.39, 0.29) is 17.6 Å². The van der Waals surface area contributed by atoms with Crippen LogP contribution in [0.1, 0.15) is 27.7 Å². The minimum atomic E-state index is -0.597. The van der Waals surface area contributed by atoms with Crippen LogP contribution in [0.5, 0.6) is 0 Å². The van der Waals surface area contributed by atoms with Crippen molar-refractivity contribution in [3.05, 3.63) is 29.4 Å². The summed E-state index contributed by atoms with van der Waals surface area (Å²) in [5, 5.41) is 9.58. The molecule has 1 N–H and O–H groups in total. The van der Waals surface area contributed by atoms with Crippen LogP contribution in [0.4, 0.5) is 0 Å². The van der Waals surface area contributed by atoms with Gasteiger partial charge < -0.3 is 5.21 Å². The standard InChI is InChI=1S/C11H16N2O2/c1-8-5-6-9(13(15)7-8)12-10(14)11(2,3)4/h5-7,15H,1-4H3/i7D. The highest BCUT2D eigenvalue weighted by Gasteiger charge is 2.20. The van der Waals surface area contributed by atoms with Gasteiger partial charge in [0.2, 0.25) is 0 Å². The third kappa shape index (κ3) is 2.94. The number of nitrogens with zero attached hydrogens (tertiary/aromatic N) is 2. The zero-order chi connectivity index (χ0) is 12.5. The highest BCUT2D eigenvalue weighted by atomic mass is 16.5. The van der Waals surface area contributed by atoms with Gasteiger partial charge in [0, 0.05) is 11.6 Å². The van der Waals surface area contributed by atoms with Gasteiger partial charge in [-0.2, -0.15) is 9.72 Å². The van der Waals surface area contributed by atoms with Crippen LogP contribution in [0.2, 0.25) is 0 Å². The normalized spacial score (nSPS) is 13.9. The summed E-state index contributed by atoms with van der Waals surface area (Å²) < 4.78 is 8.14. The number of rotatable bonds is 0. The molecule has 0 fully saturated rings. The fraction of sp³-hybridized carbons (Fsp3) is 0.455. The number of hydrogen-bond donors (Lipinski definition) is 1. The van der Waals surface area contributed by atoms with Crippen LogP contribution in [-0.2, 0) is 4.79 Å². The lowest BCUT2D eigenvalue weighted by atomic mass is 9.96. The average Bonchev–Trinajstić information content (AvgIpc) is 2.17. The summed E-state index contributed by atoms with van der Waals surface area (Å²) in [4.78, 5) is 15.4. The average molecular weight is 209 g/mol. The number of carbonyl (C=O) groups is 1. The summed E-state index contributed by atoms with van der Waals surface area (Å²) in [5.74, 6) is -0.335. The van der Waals surface area contributed by atoms with Crippen molar-refractivity contribution in [2.75, 3.05) is 0 Å². The van der Waals surface area contributed by atoms with Crippen LogP contribution in [-0.4, -0.2) is 15.8 Å². The van der Waals surface area contributed by atoms with Gasteiger partial charge in [0.25, 0.3) is 5.91 Å². The molecule has 1 rings (SSSR count). The van der Waals surface area contributed by atoms with Crippen LogP contribution < -0.4 is 5.49 Å². The molecule has 4 nitrogen and oxygen atoms in total. The Morgan fingerprint density at radius 3 is 2.67 bits per heavy atom. The highest BCUT2D eigenvalue weighted by Crippen LogP contribution is 2.14. The van der Waals surface area contributed by atoms with E-state index < -0.39 is 5.41 Å². The van der Waals surface area contributed by atoms with Crippen LogP contribution in [0, 0.1) is 12.3 Å². The molecular weight excluding hydrogens is 192 g/mol. The number of aromatic nitrogens is 1. The molecule has 1 aromatic rings. The summed E-state index contributed by atoms with van der Waals surface area (Å²) >= 11 is 0. The molecule has 0 radical (unpaired) electrons. The minimum absolute atomic E-state index is 0.0667. The summed E-state index contributed by atoms with van der Waals surface area (Å²) in [6, 6.07) is 3.15. The van der Waals surface area contributed by atoms with Gasteiger partial charge in [-0.1, -0.05) is 26.8 Å². The molecule has 0 aliphatic carbocycles. The van der Waals surface area contributed by atoms with Gasteiger partial charge in [0.15, 0.2) is 5.49 Å². The molecule has 15 heavy (non-hydrogen) atoms. The maximum atomic E-state index is 11.6. The summed E-state index contributed by atoms with van der Waals surface area (Å²) in [5.41, 5.74) is 0.0975. The zero-order valence-corrected chi connectivity index (χ0v) is 9.40. The van der Waals surface area contributed by atoms with Crippen molar-refractivity contribution in [1.82, 2.24) is 4.73 Å². The monoisotopic (exact) mass is 209 g/mol. The fourth-order valence-electron chi connectivity index (χ4n) is 0.888. The number of carbonyl (C=O) groups excluding carboxylic acids is 1. The topological polar surface area (TPSA) is 54.6 Å². The van der Waals surface area contributed by atoms with Crippen molar-refractivity contribution < 1.29 is 11.4 Å². The van der Waals surface area contributed by atoms with E-state index in [0.717, 1.165) is 0 Å². The number of aryl methyl sites for hydroxylation is 1. The van der Waals surface area contributed by atoms with E-state index in [1.54, 1.807) is 33.8 Å². The van der Waals surface area contributed by atoms with Gasteiger partial charge in [-0.15, -0.1) is 0 Å². The van der Waals surface area contributed by atoms with E-state index in [4.69, 9.17) is 1.37 Å². The quantitative estimate of drug-likeness (QED) is 0.658. The first kappa shape index (κ1) is 9.96. The van der Waals surface area contributed by atoms with Gasteiger partial charge in [-0.3, -0.25) is 4.79 Å². The smallest absolute Gasteiger partial charge is 0.253 e. The third-order valence-electron chi connectivity index (χ3n) is 1.84. The lowest BCUT2D eigenvalue weighted by molar-refractivity contribution is -0.125. The summed E-state index contributed by atoms with van der Waals surface area (Å²) in [6.07, 6.45) is -0.0667. The van der Waals surface area contributed by atoms with Crippen LogP contribution in [0.3, 0.4) is 0 Å². The predicted molar refractivity (Wildman–Crippen MR) is 56.4 cm³/mol. The molecular formula is C11H16N2O2. The second-order valence-corrected chi connectivity index (χ2v) is 4.47. The Balaban J connectivity index is 3.31. The van der Waals surface area contributed by atoms with E-state index in [1.807, 2.05) is 0 Å². The van der Waals surface area contributed by atoms with Gasteiger partial charge in [-0.25, -0.2) is 0 Å². The minimum Gasteiger partial charge on any atom is -0.427 e. The largest absolute Gasteiger partial charge is 0.427 e. The van der Waals surface area contributed by atoms with E-state index in [2.05, 4.69) is 4.99 Å². The lowest BCUT2D eigenvalue weighted by Gasteiger charge is -2.11. The molecule has 1 amide bonds. The Labute approximate surface area is 90.3 Å². The zero-order valence-electron chi connectivity index (χ0n) is 10.4. The molecule has 0 atom stereocenters. The van der Waals surface area contributed by atoms with Crippen molar-refractivity contribution in [2.45, 2.75) is 27.7 Å². The van der Waals surface area contributed by atoms with Crippen LogP contribution in [0.25, 0.3) is 0 Å². The maximum Gasteiger partial charge on any atom is 0.253 e. The fourth-order valence-corrected chi connectivity index (χ4v) is 0.888. The molecule has 0 saturated heterocycles. The van der Waals surface area contributed by atoms with Gasteiger partial charge in [0.05, 0.1) is 1.37 Å². The first-order valence-electron chi connectivity index (χ1n) is 5.21. The first-order chi connectivity index (χ1) is 7.23. The first-order valence-corrected chi connectivity index (χ1v) is 4.71. The molecule has 0 bridgehead atoms. The van der Waals surface area contributed by atoms with E-state index in [1.165, 1.54) is 6.07 Å². The molecule has 0 unspecified atom stereocenters. The SMILES string of the molecule is [2H]c1c(C)ccc(=NC(=O)C(C)(C)C)n1O. The van der Waals surface area contributed by atoms with E-state index in [9.17, 15) is 10.0 Å². The van der Waals surface area contributed by atoms with Crippen molar-refractivity contribution in [3.63, 3.8) is 0 Å². The van der Waals surface area contributed by atoms with Crippen LogP contribution in [0.15, 0.2) is 23.3 Å². The molecule has 0 aromatic carbocycles. The number of amides is 1. The van der Waals surface area contributed by atoms with Crippen molar-refractivity contribution in [1.29, 1.82) is 0 Å². The van der Waals surface area contributed by atoms with Crippen molar-refractivity contribution in [3.8, 4) is 0 Å². The van der Waals surface area contributed by atoms with Gasteiger partial charge in [0.1, 0.15) is 0 Å². The highest BCUT2D eigenvalue weighted by molar-refractivity contribution is 5.82. The number of hydrogen-bond acceptors (Lipinski definition) is 2. The Kier molecular flexibility index (Phi) is 2.58. The molecule has 1 heterocycles. The molecule has 0 spiro atoms. The Morgan fingerprint density at radius 2 is 2.13 bits per heavy atom. The summed E-state index contributed by atoms with van der Waals surface area (Å²) in [6.45, 7) is 6.94. The second-order valence-electron chi connectivity index (χ2n) is 4.47. The Bertz CT molecular complexity index is 484. The predicted octanol–water partition coefficient (Wildman–Crippen LogP) is 1.51. The van der Waals surface area contributed by atoms with Crippen LogP contribution >= 0.6 is 0 Å². The molecule has 0 aliphatic rings. The van der Waals surface area contributed by atoms with E-state index in [0.29, 0.717) is 10.3 Å². The van der Waals surface area contributed by atoms with Gasteiger partial charge >= 0.3 is 0 Å². The molecule has 4 heteroatoms. The molecule has 0 aliphatic heterocycles. The van der Waals surface area contributed by atoms with Crippen molar-refractivity contribution >= 4 is 5.91 Å². The summed E-state index contributed by atoms with van der Waals surface area (Å²) in [7, 11) is 0. The maximum absolute atomic E-state index is 11.6. The third-order valence-corrected chi connectivity index (χ3v) is 1.84. The van der Waals surface area contributed by atoms with Crippen molar-refractivity contribution in [2.24, 2.45) is 10.4 Å². The Hall–Kier alpha value is -1.58.